The molecule has 2 aromatic rings. The minimum absolute atomic E-state index is 0. The monoisotopic (exact) mass is 371 g/mol. The van der Waals surface area contributed by atoms with Crippen LogP contribution in [0.4, 0.5) is 13.2 Å². The molecule has 0 bridgehead atoms. The maximum atomic E-state index is 12.8. The number of halogens is 4. The zero-order valence-electron chi connectivity index (χ0n) is 13.6. The van der Waals surface area contributed by atoms with Gasteiger partial charge in [0.05, 0.1) is 12.2 Å². The molecule has 0 saturated carbocycles. The Balaban J connectivity index is 0.00000225. The van der Waals surface area contributed by atoms with Crippen LogP contribution >= 0.6 is 12.4 Å². The molecule has 3 rings (SSSR count). The van der Waals surface area contributed by atoms with Gasteiger partial charge in [0.15, 0.2) is 0 Å². The van der Waals surface area contributed by atoms with Gasteiger partial charge in [0.1, 0.15) is 5.75 Å². The van der Waals surface area contributed by atoms with E-state index in [9.17, 15) is 13.2 Å². The zero-order chi connectivity index (χ0) is 17.0. The van der Waals surface area contributed by atoms with Gasteiger partial charge in [-0.25, -0.2) is 0 Å². The van der Waals surface area contributed by atoms with E-state index in [-0.39, 0.29) is 24.1 Å². The minimum Gasteiger partial charge on any atom is -0.493 e. The third-order valence-corrected chi connectivity index (χ3v) is 4.46. The molecule has 6 heteroatoms. The van der Waals surface area contributed by atoms with Crippen molar-refractivity contribution >= 4 is 12.4 Å². The molecule has 0 radical (unpaired) electrons. The van der Waals surface area contributed by atoms with E-state index in [1.165, 1.54) is 11.6 Å². The number of piperidine rings is 1. The number of hydrogen-bond donors (Lipinski definition) is 1. The van der Waals surface area contributed by atoms with Crippen molar-refractivity contribution < 1.29 is 17.9 Å². The van der Waals surface area contributed by atoms with Crippen LogP contribution in [-0.4, -0.2) is 19.7 Å². The Morgan fingerprint density at radius 3 is 2.52 bits per heavy atom. The van der Waals surface area contributed by atoms with E-state index in [2.05, 4.69) is 17.4 Å². The Labute approximate surface area is 151 Å². The largest absolute Gasteiger partial charge is 0.493 e. The average molecular weight is 372 g/mol. The smallest absolute Gasteiger partial charge is 0.416 e. The number of ether oxygens (including phenoxy) is 1. The van der Waals surface area contributed by atoms with Crippen LogP contribution < -0.4 is 10.1 Å². The molecule has 2 atom stereocenters. The van der Waals surface area contributed by atoms with Gasteiger partial charge >= 0.3 is 6.18 Å². The average Bonchev–Trinajstić information content (AvgIpc) is 2.60. The summed E-state index contributed by atoms with van der Waals surface area (Å²) >= 11 is 0. The van der Waals surface area contributed by atoms with E-state index < -0.39 is 11.7 Å². The van der Waals surface area contributed by atoms with Crippen LogP contribution in [0.2, 0.25) is 0 Å². The van der Waals surface area contributed by atoms with Crippen molar-refractivity contribution in [3.05, 3.63) is 65.7 Å². The molecule has 2 nitrogen and oxygen atoms in total. The van der Waals surface area contributed by atoms with E-state index in [1.807, 2.05) is 18.2 Å². The maximum Gasteiger partial charge on any atom is 0.416 e. The van der Waals surface area contributed by atoms with Crippen molar-refractivity contribution in [2.45, 2.75) is 18.5 Å². The highest BCUT2D eigenvalue weighted by Gasteiger charge is 2.31. The zero-order valence-corrected chi connectivity index (χ0v) is 14.4. The van der Waals surface area contributed by atoms with Gasteiger partial charge in [0, 0.05) is 12.5 Å². The van der Waals surface area contributed by atoms with Crippen LogP contribution in [0.25, 0.3) is 0 Å². The summed E-state index contributed by atoms with van der Waals surface area (Å²) in [7, 11) is 0. The molecule has 1 heterocycles. The normalized spacial score (nSPS) is 20.6. The van der Waals surface area contributed by atoms with Crippen molar-refractivity contribution in [1.29, 1.82) is 0 Å². The first kappa shape index (κ1) is 19.6. The number of hydrogen-bond acceptors (Lipinski definition) is 2. The summed E-state index contributed by atoms with van der Waals surface area (Å²) in [6, 6.07) is 15.3. The van der Waals surface area contributed by atoms with Crippen LogP contribution in [0.5, 0.6) is 5.75 Å². The van der Waals surface area contributed by atoms with Gasteiger partial charge in [-0.2, -0.15) is 13.2 Å². The second kappa shape index (κ2) is 8.59. The Bertz CT molecular complexity index is 663. The standard InChI is InChI=1S/C19H20F3NO.ClH/c20-19(21,22)16-7-4-8-17(11-16)24-13-15-12-23-10-9-18(15)14-5-2-1-3-6-14;/h1-8,11,15,18,23H,9-10,12-13H2;1H/t15-,18-;/m0./s1. The van der Waals surface area contributed by atoms with Gasteiger partial charge in [-0.05, 0) is 42.6 Å². The molecule has 0 amide bonds. The highest BCUT2D eigenvalue weighted by Crippen LogP contribution is 2.33. The SMILES string of the molecule is Cl.FC(F)(F)c1cccc(OC[C@@H]2CNCC[C@H]2c2ccccc2)c1. The first-order valence-electron chi connectivity index (χ1n) is 8.10. The maximum absolute atomic E-state index is 12.8. The van der Waals surface area contributed by atoms with Crippen LogP contribution in [0, 0.1) is 5.92 Å². The third kappa shape index (κ3) is 5.13. The highest BCUT2D eigenvalue weighted by atomic mass is 35.5. The van der Waals surface area contributed by atoms with Crippen molar-refractivity contribution in [3.63, 3.8) is 0 Å². The van der Waals surface area contributed by atoms with Crippen molar-refractivity contribution in [1.82, 2.24) is 5.32 Å². The van der Waals surface area contributed by atoms with E-state index in [4.69, 9.17) is 4.74 Å². The predicted octanol–water partition coefficient (Wildman–Crippen LogP) is 4.90. The second-order valence-electron chi connectivity index (χ2n) is 6.11. The number of alkyl halides is 3. The van der Waals surface area contributed by atoms with Crippen LogP contribution in [0.1, 0.15) is 23.5 Å². The topological polar surface area (TPSA) is 21.3 Å². The molecule has 0 aromatic heterocycles. The molecule has 25 heavy (non-hydrogen) atoms. The molecule has 1 aliphatic rings. The first-order chi connectivity index (χ1) is 11.5. The lowest BCUT2D eigenvalue weighted by Gasteiger charge is -2.32. The van der Waals surface area contributed by atoms with Crippen molar-refractivity contribution in [2.24, 2.45) is 5.92 Å². The molecule has 0 unspecified atom stereocenters. The highest BCUT2D eigenvalue weighted by molar-refractivity contribution is 5.85. The van der Waals surface area contributed by atoms with Crippen LogP contribution in [0.3, 0.4) is 0 Å². The van der Waals surface area contributed by atoms with Gasteiger partial charge in [-0.15, -0.1) is 12.4 Å². The lowest BCUT2D eigenvalue weighted by atomic mass is 9.81. The molecule has 1 N–H and O–H groups in total. The Kier molecular flexibility index (Phi) is 6.73. The summed E-state index contributed by atoms with van der Waals surface area (Å²) in [5.74, 6) is 0.858. The lowest BCUT2D eigenvalue weighted by Crippen LogP contribution is -2.38. The van der Waals surface area contributed by atoms with Gasteiger partial charge in [0.25, 0.3) is 0 Å². The molecule has 1 aliphatic heterocycles. The van der Waals surface area contributed by atoms with E-state index in [1.54, 1.807) is 6.07 Å². The second-order valence-corrected chi connectivity index (χ2v) is 6.11. The Morgan fingerprint density at radius 1 is 1.04 bits per heavy atom. The summed E-state index contributed by atoms with van der Waals surface area (Å²) in [5, 5.41) is 3.35. The molecular weight excluding hydrogens is 351 g/mol. The fraction of sp³-hybridized carbons (Fsp3) is 0.368. The van der Waals surface area contributed by atoms with Gasteiger partial charge < -0.3 is 10.1 Å². The summed E-state index contributed by atoms with van der Waals surface area (Å²) in [6.07, 6.45) is -3.35. The van der Waals surface area contributed by atoms with E-state index in [0.717, 1.165) is 31.6 Å². The van der Waals surface area contributed by atoms with Crippen LogP contribution in [-0.2, 0) is 6.18 Å². The molecule has 0 spiro atoms. The first-order valence-corrected chi connectivity index (χ1v) is 8.10. The minimum atomic E-state index is -4.35. The number of rotatable bonds is 4. The summed E-state index contributed by atoms with van der Waals surface area (Å²) in [4.78, 5) is 0. The molecule has 2 aromatic carbocycles. The van der Waals surface area contributed by atoms with Gasteiger partial charge in [0.2, 0.25) is 0 Å². The molecular formula is C19H21ClF3NO. The Morgan fingerprint density at radius 2 is 1.80 bits per heavy atom. The summed E-state index contributed by atoms with van der Waals surface area (Å²) < 4.78 is 44.0. The fourth-order valence-electron chi connectivity index (χ4n) is 3.20. The quantitative estimate of drug-likeness (QED) is 0.825. The van der Waals surface area contributed by atoms with E-state index >= 15 is 0 Å². The van der Waals surface area contributed by atoms with Gasteiger partial charge in [-0.3, -0.25) is 0 Å². The summed E-state index contributed by atoms with van der Waals surface area (Å²) in [5.41, 5.74) is 0.582. The summed E-state index contributed by atoms with van der Waals surface area (Å²) in [6.45, 7) is 2.14. The van der Waals surface area contributed by atoms with E-state index in [0.29, 0.717) is 12.5 Å². The van der Waals surface area contributed by atoms with Crippen molar-refractivity contribution in [2.75, 3.05) is 19.7 Å². The number of benzene rings is 2. The molecule has 136 valence electrons. The molecule has 1 fully saturated rings. The predicted molar refractivity (Wildman–Crippen MR) is 94.3 cm³/mol. The number of nitrogens with one attached hydrogen (secondary N) is 1. The fourth-order valence-corrected chi connectivity index (χ4v) is 3.20. The van der Waals surface area contributed by atoms with Gasteiger partial charge in [-0.1, -0.05) is 36.4 Å². The van der Waals surface area contributed by atoms with Crippen molar-refractivity contribution in [3.8, 4) is 5.75 Å². The molecule has 1 saturated heterocycles. The lowest BCUT2D eigenvalue weighted by molar-refractivity contribution is -0.137. The molecule has 0 aliphatic carbocycles. The van der Waals surface area contributed by atoms with Crippen LogP contribution in [0.15, 0.2) is 54.6 Å². The Hall–Kier alpha value is -1.72. The third-order valence-electron chi connectivity index (χ3n) is 4.46.